The maximum absolute atomic E-state index is 13.0. The number of nitrogens with zero attached hydrogens (tertiary/aromatic N) is 1. The molecule has 1 N–H and O–H groups in total. The van der Waals surface area contributed by atoms with Crippen molar-refractivity contribution >= 4 is 16.8 Å². The summed E-state index contributed by atoms with van der Waals surface area (Å²) in [7, 11) is 4.71. The van der Waals surface area contributed by atoms with Gasteiger partial charge in [0.25, 0.3) is 5.91 Å². The SMILES string of the molecule is COc1cc(CNC(=O)c2cc(C3CC3)nc3ccccc23)cc(OC)c1OC. The van der Waals surface area contributed by atoms with Crippen LogP contribution in [0, 0.1) is 0 Å². The lowest BCUT2D eigenvalue weighted by Crippen LogP contribution is -2.23. The zero-order chi connectivity index (χ0) is 20.4. The Morgan fingerprint density at radius 1 is 1.03 bits per heavy atom. The summed E-state index contributed by atoms with van der Waals surface area (Å²) in [5.41, 5.74) is 3.37. The van der Waals surface area contributed by atoms with E-state index in [0.29, 0.717) is 35.3 Å². The molecule has 0 unspecified atom stereocenters. The van der Waals surface area contributed by atoms with Crippen LogP contribution in [-0.4, -0.2) is 32.2 Å². The van der Waals surface area contributed by atoms with Crippen molar-refractivity contribution in [3.05, 3.63) is 59.3 Å². The van der Waals surface area contributed by atoms with Crippen LogP contribution in [-0.2, 0) is 6.54 Å². The van der Waals surface area contributed by atoms with Crippen molar-refractivity contribution in [1.29, 1.82) is 0 Å². The largest absolute Gasteiger partial charge is 0.493 e. The predicted octanol–water partition coefficient (Wildman–Crippen LogP) is 4.07. The molecule has 0 atom stereocenters. The Balaban J connectivity index is 1.61. The summed E-state index contributed by atoms with van der Waals surface area (Å²) in [6.07, 6.45) is 2.27. The lowest BCUT2D eigenvalue weighted by molar-refractivity contribution is 0.0952. The number of aromatic nitrogens is 1. The van der Waals surface area contributed by atoms with Gasteiger partial charge in [-0.3, -0.25) is 9.78 Å². The smallest absolute Gasteiger partial charge is 0.252 e. The van der Waals surface area contributed by atoms with Crippen molar-refractivity contribution in [2.24, 2.45) is 0 Å². The number of hydrogen-bond donors (Lipinski definition) is 1. The van der Waals surface area contributed by atoms with Crippen LogP contribution >= 0.6 is 0 Å². The molecule has 1 aliphatic rings. The van der Waals surface area contributed by atoms with Gasteiger partial charge in [-0.05, 0) is 42.7 Å². The van der Waals surface area contributed by atoms with E-state index in [-0.39, 0.29) is 5.91 Å². The van der Waals surface area contributed by atoms with Crippen LogP contribution in [0.4, 0.5) is 0 Å². The topological polar surface area (TPSA) is 69.7 Å². The zero-order valence-electron chi connectivity index (χ0n) is 16.8. The summed E-state index contributed by atoms with van der Waals surface area (Å²) < 4.78 is 16.1. The predicted molar refractivity (Wildman–Crippen MR) is 111 cm³/mol. The van der Waals surface area contributed by atoms with E-state index in [0.717, 1.165) is 35.0 Å². The fourth-order valence-electron chi connectivity index (χ4n) is 3.49. The van der Waals surface area contributed by atoms with E-state index in [1.807, 2.05) is 42.5 Å². The van der Waals surface area contributed by atoms with Gasteiger partial charge in [-0.15, -0.1) is 0 Å². The Hall–Kier alpha value is -3.28. The van der Waals surface area contributed by atoms with Crippen LogP contribution in [0.1, 0.15) is 40.4 Å². The van der Waals surface area contributed by atoms with Crippen LogP contribution in [0.3, 0.4) is 0 Å². The summed E-state index contributed by atoms with van der Waals surface area (Å²) in [4.78, 5) is 17.8. The van der Waals surface area contributed by atoms with Crippen LogP contribution in [0.5, 0.6) is 17.2 Å². The number of carbonyl (C=O) groups is 1. The van der Waals surface area contributed by atoms with E-state index in [1.54, 1.807) is 21.3 Å². The van der Waals surface area contributed by atoms with E-state index >= 15 is 0 Å². The lowest BCUT2D eigenvalue weighted by Gasteiger charge is -2.15. The highest BCUT2D eigenvalue weighted by Crippen LogP contribution is 2.40. The first-order chi connectivity index (χ1) is 14.1. The van der Waals surface area contributed by atoms with Crippen molar-refractivity contribution < 1.29 is 19.0 Å². The molecule has 0 radical (unpaired) electrons. The highest BCUT2D eigenvalue weighted by Gasteiger charge is 2.27. The number of ether oxygens (including phenoxy) is 3. The highest BCUT2D eigenvalue weighted by atomic mass is 16.5. The standard InChI is InChI=1S/C23H24N2O4/c1-27-20-10-14(11-21(28-2)22(20)29-3)13-24-23(26)17-12-19(15-8-9-15)25-18-7-5-4-6-16(17)18/h4-7,10-12,15H,8-9,13H2,1-3H3,(H,24,26). The number of methoxy groups -OCH3 is 3. The second-order valence-electron chi connectivity index (χ2n) is 7.10. The van der Waals surface area contributed by atoms with Gasteiger partial charge < -0.3 is 19.5 Å². The molecular weight excluding hydrogens is 368 g/mol. The van der Waals surface area contributed by atoms with Gasteiger partial charge in [0, 0.05) is 23.5 Å². The number of benzene rings is 2. The molecule has 1 saturated carbocycles. The Kier molecular flexibility index (Phi) is 5.25. The molecule has 2 aromatic carbocycles. The summed E-state index contributed by atoms with van der Waals surface area (Å²) in [6.45, 7) is 0.338. The average Bonchev–Trinajstić information content (AvgIpc) is 3.61. The van der Waals surface area contributed by atoms with Gasteiger partial charge in [-0.2, -0.15) is 0 Å². The first kappa shape index (κ1) is 19.1. The molecule has 0 bridgehead atoms. The van der Waals surface area contributed by atoms with Crippen molar-refractivity contribution in [3.63, 3.8) is 0 Å². The van der Waals surface area contributed by atoms with E-state index < -0.39 is 0 Å². The number of fused-ring (bicyclic) bond motifs is 1. The molecule has 4 rings (SSSR count). The number of nitrogens with one attached hydrogen (secondary N) is 1. The van der Waals surface area contributed by atoms with Crippen LogP contribution in [0.25, 0.3) is 10.9 Å². The lowest BCUT2D eigenvalue weighted by atomic mass is 10.1. The third kappa shape index (κ3) is 3.83. The Labute approximate surface area is 169 Å². The van der Waals surface area contributed by atoms with Gasteiger partial charge in [-0.25, -0.2) is 0 Å². The fourth-order valence-corrected chi connectivity index (χ4v) is 3.49. The van der Waals surface area contributed by atoms with E-state index in [9.17, 15) is 4.79 Å². The van der Waals surface area contributed by atoms with Crippen molar-refractivity contribution in [2.75, 3.05) is 21.3 Å². The minimum Gasteiger partial charge on any atom is -0.493 e. The summed E-state index contributed by atoms with van der Waals surface area (Å²) in [5.74, 6) is 1.99. The first-order valence-electron chi connectivity index (χ1n) is 9.61. The van der Waals surface area contributed by atoms with Gasteiger partial charge in [0.05, 0.1) is 32.4 Å². The molecule has 0 saturated heterocycles. The number of rotatable bonds is 7. The van der Waals surface area contributed by atoms with E-state index in [4.69, 9.17) is 19.2 Å². The minimum absolute atomic E-state index is 0.126. The number of para-hydroxylation sites is 1. The number of carbonyl (C=O) groups excluding carboxylic acids is 1. The first-order valence-corrected chi connectivity index (χ1v) is 9.61. The van der Waals surface area contributed by atoms with Crippen LogP contribution in [0.15, 0.2) is 42.5 Å². The van der Waals surface area contributed by atoms with Crippen LogP contribution in [0.2, 0.25) is 0 Å². The van der Waals surface area contributed by atoms with Gasteiger partial charge in [0.15, 0.2) is 11.5 Å². The van der Waals surface area contributed by atoms with Gasteiger partial charge in [-0.1, -0.05) is 18.2 Å². The third-order valence-corrected chi connectivity index (χ3v) is 5.15. The highest BCUT2D eigenvalue weighted by molar-refractivity contribution is 6.06. The molecule has 1 aliphatic carbocycles. The Morgan fingerprint density at radius 3 is 2.34 bits per heavy atom. The van der Waals surface area contributed by atoms with E-state index in [2.05, 4.69) is 5.32 Å². The molecule has 0 spiro atoms. The van der Waals surface area contributed by atoms with Crippen LogP contribution < -0.4 is 19.5 Å². The van der Waals surface area contributed by atoms with Crippen molar-refractivity contribution in [2.45, 2.75) is 25.3 Å². The summed E-state index contributed by atoms with van der Waals surface area (Å²) >= 11 is 0. The molecule has 6 nitrogen and oxygen atoms in total. The quantitative estimate of drug-likeness (QED) is 0.656. The normalized spacial score (nSPS) is 13.2. The molecule has 1 fully saturated rings. The molecular formula is C23H24N2O4. The zero-order valence-corrected chi connectivity index (χ0v) is 16.8. The molecule has 150 valence electrons. The molecule has 29 heavy (non-hydrogen) atoms. The summed E-state index contributed by atoms with van der Waals surface area (Å²) in [5, 5.41) is 3.88. The number of hydrogen-bond acceptors (Lipinski definition) is 5. The number of amides is 1. The molecule has 6 heteroatoms. The number of pyridine rings is 1. The van der Waals surface area contributed by atoms with Gasteiger partial charge >= 0.3 is 0 Å². The molecule has 1 heterocycles. The third-order valence-electron chi connectivity index (χ3n) is 5.15. The Bertz CT molecular complexity index is 1030. The molecule has 1 aromatic heterocycles. The van der Waals surface area contributed by atoms with Crippen molar-refractivity contribution in [1.82, 2.24) is 10.3 Å². The average molecular weight is 392 g/mol. The maximum Gasteiger partial charge on any atom is 0.252 e. The van der Waals surface area contributed by atoms with Gasteiger partial charge in [0.1, 0.15) is 0 Å². The molecule has 1 amide bonds. The fraction of sp³-hybridized carbons (Fsp3) is 0.304. The molecule has 0 aliphatic heterocycles. The Morgan fingerprint density at radius 2 is 1.72 bits per heavy atom. The maximum atomic E-state index is 13.0. The van der Waals surface area contributed by atoms with Crippen molar-refractivity contribution in [3.8, 4) is 17.2 Å². The second-order valence-corrected chi connectivity index (χ2v) is 7.10. The molecule has 3 aromatic rings. The summed E-state index contributed by atoms with van der Waals surface area (Å²) in [6, 6.07) is 13.4. The second kappa shape index (κ2) is 7.99. The van der Waals surface area contributed by atoms with Gasteiger partial charge in [0.2, 0.25) is 5.75 Å². The monoisotopic (exact) mass is 392 g/mol. The van der Waals surface area contributed by atoms with E-state index in [1.165, 1.54) is 0 Å². The minimum atomic E-state index is -0.126.